The van der Waals surface area contributed by atoms with Crippen molar-refractivity contribution in [1.82, 2.24) is 0 Å². The Morgan fingerprint density at radius 3 is 2.45 bits per heavy atom. The summed E-state index contributed by atoms with van der Waals surface area (Å²) in [5, 5.41) is 3.35. The van der Waals surface area contributed by atoms with E-state index in [4.69, 9.17) is 25.8 Å². The molecule has 9 heteroatoms. The molecule has 1 N–H and O–H groups in total. The zero-order valence-electron chi connectivity index (χ0n) is 18.3. The molecule has 1 atom stereocenters. The van der Waals surface area contributed by atoms with Crippen molar-refractivity contribution in [2.75, 3.05) is 11.9 Å². The van der Waals surface area contributed by atoms with Gasteiger partial charge in [0.25, 0.3) is 5.91 Å². The first kappa shape index (κ1) is 24.7. The number of nitrogens with one attached hydrogen (secondary N) is 1. The molecule has 31 heavy (non-hydrogen) atoms. The molecule has 1 unspecified atom stereocenters. The van der Waals surface area contributed by atoms with Gasteiger partial charge in [-0.25, -0.2) is 9.59 Å². The predicted octanol–water partition coefficient (Wildman–Crippen LogP) is 5.25. The second-order valence-electron chi connectivity index (χ2n) is 7.69. The van der Waals surface area contributed by atoms with Crippen LogP contribution in [0, 0.1) is 6.92 Å². The van der Waals surface area contributed by atoms with Crippen LogP contribution in [0.25, 0.3) is 0 Å². The standard InChI is InChI=1S/C22H26ClNO6S/c1-7-28-20(26)16-12(2)17(21(27)30-22(4,5)6)31-19(16)24-18(25)13(3)29-15-10-8-9-14(23)11-15/h8-11,13H,7H2,1-6H3,(H,24,25). The first-order valence-corrected chi connectivity index (χ1v) is 10.9. The molecule has 168 valence electrons. The van der Waals surface area contributed by atoms with Crippen LogP contribution in [0.2, 0.25) is 5.02 Å². The molecule has 7 nitrogen and oxygen atoms in total. The lowest BCUT2D eigenvalue weighted by Crippen LogP contribution is -2.30. The first-order valence-electron chi connectivity index (χ1n) is 9.69. The Morgan fingerprint density at radius 1 is 1.19 bits per heavy atom. The first-order chi connectivity index (χ1) is 14.4. The number of halogens is 1. The summed E-state index contributed by atoms with van der Waals surface area (Å²) >= 11 is 6.90. The van der Waals surface area contributed by atoms with Crippen LogP contribution in [0.15, 0.2) is 24.3 Å². The number of amides is 1. The summed E-state index contributed by atoms with van der Waals surface area (Å²) in [5.41, 5.74) is -0.201. The molecular formula is C22H26ClNO6S. The molecule has 0 saturated heterocycles. The van der Waals surface area contributed by atoms with Crippen molar-refractivity contribution in [1.29, 1.82) is 0 Å². The van der Waals surface area contributed by atoms with Gasteiger partial charge in [-0.05, 0) is 65.3 Å². The summed E-state index contributed by atoms with van der Waals surface area (Å²) in [4.78, 5) is 38.1. The van der Waals surface area contributed by atoms with Gasteiger partial charge in [0.15, 0.2) is 6.10 Å². The Morgan fingerprint density at radius 2 is 1.87 bits per heavy atom. The molecule has 0 aliphatic carbocycles. The SMILES string of the molecule is CCOC(=O)c1c(NC(=O)C(C)Oc2cccc(Cl)c2)sc(C(=O)OC(C)(C)C)c1C. The molecule has 2 aromatic rings. The normalized spacial score (nSPS) is 12.1. The van der Waals surface area contributed by atoms with Gasteiger partial charge in [0, 0.05) is 5.02 Å². The molecule has 0 saturated carbocycles. The van der Waals surface area contributed by atoms with Crippen molar-refractivity contribution in [3.05, 3.63) is 45.3 Å². The Labute approximate surface area is 190 Å². The van der Waals surface area contributed by atoms with Crippen molar-refractivity contribution in [3.8, 4) is 5.75 Å². The summed E-state index contributed by atoms with van der Waals surface area (Å²) in [6.45, 7) is 10.2. The third-order valence-electron chi connectivity index (χ3n) is 3.93. The summed E-state index contributed by atoms with van der Waals surface area (Å²) in [7, 11) is 0. The highest BCUT2D eigenvalue weighted by atomic mass is 35.5. The Kier molecular flexibility index (Phi) is 8.08. The van der Waals surface area contributed by atoms with Crippen molar-refractivity contribution in [2.24, 2.45) is 0 Å². The third-order valence-corrected chi connectivity index (χ3v) is 5.35. The van der Waals surface area contributed by atoms with E-state index in [2.05, 4.69) is 5.32 Å². The second kappa shape index (κ2) is 10.2. The molecule has 0 radical (unpaired) electrons. The highest BCUT2D eigenvalue weighted by molar-refractivity contribution is 7.18. The minimum Gasteiger partial charge on any atom is -0.481 e. The molecule has 1 amide bonds. The Balaban J connectivity index is 2.30. The van der Waals surface area contributed by atoms with Gasteiger partial charge in [-0.2, -0.15) is 0 Å². The molecule has 1 heterocycles. The van der Waals surface area contributed by atoms with E-state index in [0.717, 1.165) is 11.3 Å². The van der Waals surface area contributed by atoms with Gasteiger partial charge < -0.3 is 19.5 Å². The van der Waals surface area contributed by atoms with E-state index in [1.165, 1.54) is 0 Å². The fourth-order valence-electron chi connectivity index (χ4n) is 2.58. The average molecular weight is 468 g/mol. The predicted molar refractivity (Wildman–Crippen MR) is 120 cm³/mol. The lowest BCUT2D eigenvalue weighted by Gasteiger charge is -2.19. The quantitative estimate of drug-likeness (QED) is 0.559. The fraction of sp³-hybridized carbons (Fsp3) is 0.409. The monoisotopic (exact) mass is 467 g/mol. The number of rotatable bonds is 7. The van der Waals surface area contributed by atoms with E-state index in [-0.39, 0.29) is 22.0 Å². The number of carbonyl (C=O) groups excluding carboxylic acids is 3. The van der Waals surface area contributed by atoms with Crippen molar-refractivity contribution in [2.45, 2.75) is 53.2 Å². The van der Waals surface area contributed by atoms with Crippen molar-refractivity contribution in [3.63, 3.8) is 0 Å². The van der Waals surface area contributed by atoms with Gasteiger partial charge in [0.2, 0.25) is 0 Å². The minimum atomic E-state index is -0.888. The smallest absolute Gasteiger partial charge is 0.349 e. The maximum atomic E-state index is 12.7. The highest BCUT2D eigenvalue weighted by Gasteiger charge is 2.30. The Bertz CT molecular complexity index is 979. The topological polar surface area (TPSA) is 90.9 Å². The fourth-order valence-corrected chi connectivity index (χ4v) is 3.84. The number of benzene rings is 1. The zero-order chi connectivity index (χ0) is 23.3. The Hall–Kier alpha value is -2.58. The largest absolute Gasteiger partial charge is 0.481 e. The third kappa shape index (κ3) is 6.70. The van der Waals surface area contributed by atoms with Crippen molar-refractivity contribution >= 4 is 45.8 Å². The van der Waals surface area contributed by atoms with Crippen molar-refractivity contribution < 1.29 is 28.6 Å². The summed E-state index contributed by atoms with van der Waals surface area (Å²) < 4.78 is 16.2. The molecule has 0 bridgehead atoms. The van der Waals surface area contributed by atoms with Gasteiger partial charge in [-0.3, -0.25) is 4.79 Å². The van der Waals surface area contributed by atoms with Gasteiger partial charge in [0.1, 0.15) is 21.2 Å². The van der Waals surface area contributed by atoms with E-state index in [1.807, 2.05) is 0 Å². The van der Waals surface area contributed by atoms with E-state index in [0.29, 0.717) is 16.3 Å². The number of ether oxygens (including phenoxy) is 3. The van der Waals surface area contributed by atoms with Crippen LogP contribution in [0.3, 0.4) is 0 Å². The summed E-state index contributed by atoms with van der Waals surface area (Å²) in [6.07, 6.45) is -0.888. The highest BCUT2D eigenvalue weighted by Crippen LogP contribution is 2.35. The number of hydrogen-bond acceptors (Lipinski definition) is 7. The van der Waals surface area contributed by atoms with Crippen LogP contribution in [0.5, 0.6) is 5.75 Å². The lowest BCUT2D eigenvalue weighted by molar-refractivity contribution is -0.122. The molecule has 0 fully saturated rings. The maximum absolute atomic E-state index is 12.7. The number of thiophene rings is 1. The second-order valence-corrected chi connectivity index (χ2v) is 9.15. The van der Waals surface area contributed by atoms with Crippen LogP contribution in [0.1, 0.15) is 60.2 Å². The average Bonchev–Trinajstić information content (AvgIpc) is 2.96. The van der Waals surface area contributed by atoms with Gasteiger partial charge in [0.05, 0.1) is 12.2 Å². The molecule has 0 aliphatic heterocycles. The van der Waals surface area contributed by atoms with Crippen LogP contribution in [-0.4, -0.2) is 36.2 Å². The van der Waals surface area contributed by atoms with Crippen LogP contribution in [-0.2, 0) is 14.3 Å². The van der Waals surface area contributed by atoms with E-state index in [1.54, 1.807) is 65.8 Å². The number of hydrogen-bond donors (Lipinski definition) is 1. The van der Waals surface area contributed by atoms with E-state index >= 15 is 0 Å². The van der Waals surface area contributed by atoms with Crippen LogP contribution < -0.4 is 10.1 Å². The molecule has 1 aromatic carbocycles. The maximum Gasteiger partial charge on any atom is 0.349 e. The van der Waals surface area contributed by atoms with Gasteiger partial charge in [-0.15, -0.1) is 11.3 Å². The van der Waals surface area contributed by atoms with Crippen LogP contribution >= 0.6 is 22.9 Å². The molecule has 0 aliphatic rings. The molecular weight excluding hydrogens is 442 g/mol. The molecule has 1 aromatic heterocycles. The van der Waals surface area contributed by atoms with Gasteiger partial charge >= 0.3 is 11.9 Å². The summed E-state index contributed by atoms with van der Waals surface area (Å²) in [5.74, 6) is -1.28. The minimum absolute atomic E-state index is 0.121. The number of esters is 2. The van der Waals surface area contributed by atoms with E-state index in [9.17, 15) is 14.4 Å². The van der Waals surface area contributed by atoms with E-state index < -0.39 is 29.6 Å². The number of carbonyl (C=O) groups is 3. The van der Waals surface area contributed by atoms with Crippen LogP contribution in [0.4, 0.5) is 5.00 Å². The van der Waals surface area contributed by atoms with Gasteiger partial charge in [-0.1, -0.05) is 17.7 Å². The number of anilines is 1. The lowest BCUT2D eigenvalue weighted by atomic mass is 10.1. The molecule has 2 rings (SSSR count). The molecule has 0 spiro atoms. The summed E-state index contributed by atoms with van der Waals surface area (Å²) in [6, 6.07) is 6.66. The zero-order valence-corrected chi connectivity index (χ0v) is 19.9.